The van der Waals surface area contributed by atoms with Crippen molar-refractivity contribution in [2.24, 2.45) is 0 Å². The highest BCUT2D eigenvalue weighted by Crippen LogP contribution is 2.37. The van der Waals surface area contributed by atoms with Gasteiger partial charge >= 0.3 is 0 Å². The average molecular weight is 485 g/mol. The molecule has 0 bridgehead atoms. The van der Waals surface area contributed by atoms with Crippen molar-refractivity contribution in [1.82, 2.24) is 4.90 Å². The van der Waals surface area contributed by atoms with Crippen LogP contribution in [0.3, 0.4) is 0 Å². The number of hydrogen-bond donors (Lipinski definition) is 1. The fourth-order valence-electron chi connectivity index (χ4n) is 4.29. The summed E-state index contributed by atoms with van der Waals surface area (Å²) in [6, 6.07) is 10.5. The molecule has 0 radical (unpaired) electrons. The van der Waals surface area contributed by atoms with Crippen LogP contribution in [0.5, 0.6) is 0 Å². The van der Waals surface area contributed by atoms with Crippen molar-refractivity contribution in [1.29, 1.82) is 0 Å². The lowest BCUT2D eigenvalue weighted by molar-refractivity contribution is -0.118. The predicted octanol–water partition coefficient (Wildman–Crippen LogP) is 4.86. The molecule has 0 saturated carbocycles. The molecular formula is C25H22Cl2N2O4. The predicted molar refractivity (Wildman–Crippen MR) is 131 cm³/mol. The Morgan fingerprint density at radius 2 is 1.85 bits per heavy atom. The van der Waals surface area contributed by atoms with Crippen LogP contribution in [0.2, 0.25) is 10.0 Å². The molecular weight excluding hydrogens is 463 g/mol. The maximum Gasteiger partial charge on any atom is 0.238 e. The Morgan fingerprint density at radius 1 is 1.09 bits per heavy atom. The molecule has 2 aromatic carbocycles. The Balaban J connectivity index is 1.45. The molecule has 1 N–H and O–H groups in total. The molecule has 2 aliphatic rings. The van der Waals surface area contributed by atoms with E-state index in [1.54, 1.807) is 36.4 Å². The number of amides is 1. The molecule has 33 heavy (non-hydrogen) atoms. The lowest BCUT2D eigenvalue weighted by Gasteiger charge is -2.25. The normalized spacial score (nSPS) is 17.5. The van der Waals surface area contributed by atoms with Gasteiger partial charge in [-0.05, 0) is 48.8 Å². The lowest BCUT2D eigenvalue weighted by atomic mass is 10.1. The van der Waals surface area contributed by atoms with Crippen molar-refractivity contribution < 1.29 is 13.9 Å². The second-order valence-electron chi connectivity index (χ2n) is 8.19. The van der Waals surface area contributed by atoms with E-state index in [9.17, 15) is 9.59 Å². The fraction of sp³-hybridized carbons (Fsp3) is 0.280. The van der Waals surface area contributed by atoms with Gasteiger partial charge in [-0.3, -0.25) is 14.5 Å². The SMILES string of the molecule is O=C(CN1CCOCC1)Nc1ccc2c(=O)c3c(oc2c1)C(=Cc1c(Cl)cccc1Cl)CC3. The monoisotopic (exact) mass is 484 g/mol. The quantitative estimate of drug-likeness (QED) is 0.572. The molecule has 1 aromatic heterocycles. The van der Waals surface area contributed by atoms with Crippen molar-refractivity contribution in [3.63, 3.8) is 0 Å². The van der Waals surface area contributed by atoms with Gasteiger partial charge in [0.1, 0.15) is 11.3 Å². The number of nitrogens with zero attached hydrogens (tertiary/aromatic N) is 1. The molecule has 1 saturated heterocycles. The van der Waals surface area contributed by atoms with Gasteiger partial charge in [-0.15, -0.1) is 0 Å². The third-order valence-electron chi connectivity index (χ3n) is 6.00. The van der Waals surface area contributed by atoms with Crippen LogP contribution in [0, 0.1) is 0 Å². The minimum atomic E-state index is -0.117. The highest BCUT2D eigenvalue weighted by atomic mass is 35.5. The summed E-state index contributed by atoms with van der Waals surface area (Å²) in [4.78, 5) is 27.6. The van der Waals surface area contributed by atoms with Crippen LogP contribution in [-0.2, 0) is 16.0 Å². The van der Waals surface area contributed by atoms with E-state index in [0.29, 0.717) is 76.2 Å². The van der Waals surface area contributed by atoms with Gasteiger partial charge < -0.3 is 14.5 Å². The van der Waals surface area contributed by atoms with E-state index < -0.39 is 0 Å². The number of anilines is 1. The fourth-order valence-corrected chi connectivity index (χ4v) is 4.80. The summed E-state index contributed by atoms with van der Waals surface area (Å²) in [6.07, 6.45) is 3.15. The van der Waals surface area contributed by atoms with E-state index in [-0.39, 0.29) is 11.3 Å². The Bertz CT molecular complexity index is 1310. The number of hydrogen-bond acceptors (Lipinski definition) is 5. The van der Waals surface area contributed by atoms with Crippen molar-refractivity contribution in [2.75, 3.05) is 38.2 Å². The van der Waals surface area contributed by atoms with Gasteiger partial charge in [0.25, 0.3) is 0 Å². The van der Waals surface area contributed by atoms with Gasteiger partial charge in [0.05, 0.1) is 25.1 Å². The highest BCUT2D eigenvalue weighted by molar-refractivity contribution is 6.37. The van der Waals surface area contributed by atoms with E-state index in [1.807, 2.05) is 11.0 Å². The van der Waals surface area contributed by atoms with Crippen LogP contribution in [0.1, 0.15) is 23.3 Å². The zero-order valence-electron chi connectivity index (χ0n) is 17.8. The number of ether oxygens (including phenoxy) is 1. The summed E-state index contributed by atoms with van der Waals surface area (Å²) < 4.78 is 11.5. The first-order chi connectivity index (χ1) is 16.0. The number of fused-ring (bicyclic) bond motifs is 2. The second kappa shape index (κ2) is 9.31. The zero-order chi connectivity index (χ0) is 22.9. The highest BCUT2D eigenvalue weighted by Gasteiger charge is 2.25. The van der Waals surface area contributed by atoms with Gasteiger partial charge in [0, 0.05) is 46.0 Å². The molecule has 1 aliphatic heterocycles. The molecule has 6 nitrogen and oxygen atoms in total. The topological polar surface area (TPSA) is 71.8 Å². The largest absolute Gasteiger partial charge is 0.456 e. The van der Waals surface area contributed by atoms with E-state index in [2.05, 4.69) is 5.32 Å². The van der Waals surface area contributed by atoms with Crippen LogP contribution in [0.15, 0.2) is 45.6 Å². The summed E-state index contributed by atoms with van der Waals surface area (Å²) in [7, 11) is 0. The third-order valence-corrected chi connectivity index (χ3v) is 6.65. The molecule has 0 spiro atoms. The number of benzene rings is 2. The lowest BCUT2D eigenvalue weighted by Crippen LogP contribution is -2.41. The summed E-state index contributed by atoms with van der Waals surface area (Å²) in [5.41, 5.74) is 3.20. The van der Waals surface area contributed by atoms with Gasteiger partial charge in [-0.1, -0.05) is 29.3 Å². The number of halogens is 2. The summed E-state index contributed by atoms with van der Waals surface area (Å²) in [5.74, 6) is 0.439. The van der Waals surface area contributed by atoms with Crippen molar-refractivity contribution in [2.45, 2.75) is 12.8 Å². The number of rotatable bonds is 4. The third kappa shape index (κ3) is 4.57. The molecule has 3 aromatic rings. The minimum absolute atomic E-state index is 0.0499. The number of carbonyl (C=O) groups is 1. The van der Waals surface area contributed by atoms with Crippen LogP contribution in [-0.4, -0.2) is 43.7 Å². The van der Waals surface area contributed by atoms with Gasteiger partial charge in [-0.25, -0.2) is 0 Å². The van der Waals surface area contributed by atoms with Crippen LogP contribution >= 0.6 is 23.2 Å². The van der Waals surface area contributed by atoms with Crippen molar-refractivity contribution >= 4 is 57.4 Å². The Labute approximate surface area is 200 Å². The molecule has 8 heteroatoms. The Morgan fingerprint density at radius 3 is 2.61 bits per heavy atom. The van der Waals surface area contributed by atoms with Crippen LogP contribution < -0.4 is 10.7 Å². The Hall–Kier alpha value is -2.64. The molecule has 1 amide bonds. The summed E-state index contributed by atoms with van der Waals surface area (Å²) in [5, 5.41) is 4.48. The molecule has 0 atom stereocenters. The second-order valence-corrected chi connectivity index (χ2v) is 9.01. The Kier molecular flexibility index (Phi) is 6.25. The first-order valence-corrected chi connectivity index (χ1v) is 11.6. The summed E-state index contributed by atoms with van der Waals surface area (Å²) in [6.45, 7) is 3.03. The van der Waals surface area contributed by atoms with Crippen LogP contribution in [0.25, 0.3) is 22.6 Å². The molecule has 1 fully saturated rings. The molecule has 1 aliphatic carbocycles. The van der Waals surface area contributed by atoms with Gasteiger partial charge in [0.15, 0.2) is 5.43 Å². The molecule has 2 heterocycles. The zero-order valence-corrected chi connectivity index (χ0v) is 19.3. The minimum Gasteiger partial charge on any atom is -0.456 e. The number of carbonyl (C=O) groups excluding carboxylic acids is 1. The number of nitrogens with one attached hydrogen (secondary N) is 1. The molecule has 5 rings (SSSR count). The standard InChI is InChI=1S/C25H22Cl2N2O4/c26-20-2-1-3-21(27)19(20)12-15-4-6-18-24(31)17-7-5-16(13-22(17)33-25(15)18)28-23(30)14-29-8-10-32-11-9-29/h1-3,5,7,12-13H,4,6,8-11,14H2,(H,28,30). The van der Waals surface area contributed by atoms with E-state index in [1.165, 1.54) is 0 Å². The van der Waals surface area contributed by atoms with E-state index in [4.69, 9.17) is 32.4 Å². The van der Waals surface area contributed by atoms with Gasteiger partial charge in [0.2, 0.25) is 5.91 Å². The van der Waals surface area contributed by atoms with Crippen molar-refractivity contribution in [3.05, 3.63) is 73.6 Å². The van der Waals surface area contributed by atoms with E-state index in [0.717, 1.165) is 18.7 Å². The maximum atomic E-state index is 13.1. The van der Waals surface area contributed by atoms with Gasteiger partial charge in [-0.2, -0.15) is 0 Å². The molecule has 170 valence electrons. The number of morpholine rings is 1. The molecule has 0 unspecified atom stereocenters. The van der Waals surface area contributed by atoms with Crippen LogP contribution in [0.4, 0.5) is 5.69 Å². The average Bonchev–Trinajstić information content (AvgIpc) is 3.20. The maximum absolute atomic E-state index is 13.1. The summed E-state index contributed by atoms with van der Waals surface area (Å²) >= 11 is 12.7. The van der Waals surface area contributed by atoms with Crippen molar-refractivity contribution in [3.8, 4) is 0 Å². The first kappa shape index (κ1) is 22.2. The first-order valence-electron chi connectivity index (χ1n) is 10.8. The van der Waals surface area contributed by atoms with E-state index >= 15 is 0 Å². The number of allylic oxidation sites excluding steroid dienone is 1. The smallest absolute Gasteiger partial charge is 0.238 e.